The molecule has 0 aromatic carbocycles. The van der Waals surface area contributed by atoms with Gasteiger partial charge in [-0.2, -0.15) is 4.31 Å². The minimum absolute atomic E-state index is 0.0403. The largest absolute Gasteiger partial charge is 0.342 e. The molecule has 8 nitrogen and oxygen atoms in total. The Labute approximate surface area is 165 Å². The number of rotatable bonds is 3. The lowest BCUT2D eigenvalue weighted by Gasteiger charge is -2.27. The number of nitrogens with zero attached hydrogens (tertiary/aromatic N) is 3. The number of nitrogens with one attached hydrogen (secondary N) is 1. The molecule has 2 fully saturated rings. The molecule has 1 N–H and O–H groups in total. The SMILES string of the molecule is CS(=O)(=O)N1CCc2nc([C@@H]3CCN(C(=O)C4CCCCC4)C3)[nH]c(=O)c2C1. The Balaban J connectivity index is 1.48. The molecule has 1 aromatic heterocycles. The molecule has 1 saturated carbocycles. The highest BCUT2D eigenvalue weighted by Crippen LogP contribution is 2.30. The van der Waals surface area contributed by atoms with Gasteiger partial charge in [-0.3, -0.25) is 9.59 Å². The Morgan fingerprint density at radius 3 is 2.61 bits per heavy atom. The van der Waals surface area contributed by atoms with Crippen LogP contribution in [0.4, 0.5) is 0 Å². The predicted octanol–water partition coefficient (Wildman–Crippen LogP) is 0.984. The van der Waals surface area contributed by atoms with Crippen LogP contribution < -0.4 is 5.56 Å². The van der Waals surface area contributed by atoms with Gasteiger partial charge in [-0.25, -0.2) is 13.4 Å². The summed E-state index contributed by atoms with van der Waals surface area (Å²) in [6.45, 7) is 1.74. The van der Waals surface area contributed by atoms with Crippen molar-refractivity contribution in [2.24, 2.45) is 5.92 Å². The summed E-state index contributed by atoms with van der Waals surface area (Å²) in [5, 5.41) is 0. The van der Waals surface area contributed by atoms with Gasteiger partial charge in [0.05, 0.1) is 17.5 Å². The van der Waals surface area contributed by atoms with Crippen molar-refractivity contribution >= 4 is 15.9 Å². The molecule has 0 spiro atoms. The second-order valence-electron chi connectivity index (χ2n) is 8.33. The number of fused-ring (bicyclic) bond motifs is 1. The molecule has 4 rings (SSSR count). The summed E-state index contributed by atoms with van der Waals surface area (Å²) in [4.78, 5) is 34.8. The van der Waals surface area contributed by atoms with Crippen molar-refractivity contribution in [2.45, 2.75) is 57.4 Å². The van der Waals surface area contributed by atoms with E-state index in [4.69, 9.17) is 0 Å². The zero-order valence-corrected chi connectivity index (χ0v) is 17.1. The van der Waals surface area contributed by atoms with Gasteiger partial charge < -0.3 is 9.88 Å². The van der Waals surface area contributed by atoms with Crippen LogP contribution in [-0.2, 0) is 27.8 Å². The molecule has 0 bridgehead atoms. The number of sulfonamides is 1. The molecule has 1 aliphatic carbocycles. The van der Waals surface area contributed by atoms with Gasteiger partial charge in [0.25, 0.3) is 5.56 Å². The van der Waals surface area contributed by atoms with E-state index in [-0.39, 0.29) is 29.8 Å². The lowest BCUT2D eigenvalue weighted by atomic mass is 9.88. The number of hydrogen-bond donors (Lipinski definition) is 1. The van der Waals surface area contributed by atoms with E-state index < -0.39 is 10.0 Å². The molecule has 2 aliphatic heterocycles. The first-order valence-electron chi connectivity index (χ1n) is 10.2. The molecule has 154 valence electrons. The number of amides is 1. The maximum absolute atomic E-state index is 12.8. The highest BCUT2D eigenvalue weighted by molar-refractivity contribution is 7.88. The Bertz CT molecular complexity index is 920. The summed E-state index contributed by atoms with van der Waals surface area (Å²) < 4.78 is 24.9. The predicted molar refractivity (Wildman–Crippen MR) is 104 cm³/mol. The van der Waals surface area contributed by atoms with Crippen LogP contribution in [0.2, 0.25) is 0 Å². The molecular weight excluding hydrogens is 380 g/mol. The van der Waals surface area contributed by atoms with Crippen LogP contribution in [-0.4, -0.2) is 59.4 Å². The van der Waals surface area contributed by atoms with E-state index in [1.807, 2.05) is 4.90 Å². The molecular formula is C19H28N4O4S. The zero-order chi connectivity index (χ0) is 19.9. The number of aromatic amines is 1. The highest BCUT2D eigenvalue weighted by Gasteiger charge is 2.34. The number of carbonyl (C=O) groups is 1. The summed E-state index contributed by atoms with van der Waals surface area (Å²) in [6.07, 6.45) is 7.88. The molecule has 1 amide bonds. The lowest BCUT2D eigenvalue weighted by molar-refractivity contribution is -0.135. The van der Waals surface area contributed by atoms with E-state index in [2.05, 4.69) is 9.97 Å². The van der Waals surface area contributed by atoms with Crippen molar-refractivity contribution in [1.82, 2.24) is 19.2 Å². The van der Waals surface area contributed by atoms with E-state index in [9.17, 15) is 18.0 Å². The van der Waals surface area contributed by atoms with Gasteiger partial charge in [-0.05, 0) is 19.3 Å². The van der Waals surface area contributed by atoms with E-state index in [0.717, 1.165) is 38.4 Å². The zero-order valence-electron chi connectivity index (χ0n) is 16.3. The van der Waals surface area contributed by atoms with Crippen molar-refractivity contribution in [1.29, 1.82) is 0 Å². The molecule has 3 aliphatic rings. The summed E-state index contributed by atoms with van der Waals surface area (Å²) in [5.74, 6) is 1.09. The van der Waals surface area contributed by atoms with E-state index in [0.29, 0.717) is 43.1 Å². The average molecular weight is 409 g/mol. The van der Waals surface area contributed by atoms with Crippen molar-refractivity contribution in [2.75, 3.05) is 25.9 Å². The second kappa shape index (κ2) is 7.59. The van der Waals surface area contributed by atoms with Crippen LogP contribution >= 0.6 is 0 Å². The average Bonchev–Trinajstić information content (AvgIpc) is 3.17. The maximum atomic E-state index is 12.8. The first-order chi connectivity index (χ1) is 13.3. The molecule has 28 heavy (non-hydrogen) atoms. The molecule has 9 heteroatoms. The highest BCUT2D eigenvalue weighted by atomic mass is 32.2. The summed E-state index contributed by atoms with van der Waals surface area (Å²) >= 11 is 0. The summed E-state index contributed by atoms with van der Waals surface area (Å²) in [6, 6.07) is 0. The monoisotopic (exact) mass is 408 g/mol. The van der Waals surface area contributed by atoms with E-state index >= 15 is 0 Å². The number of hydrogen-bond acceptors (Lipinski definition) is 5. The first kappa shape index (κ1) is 19.6. The van der Waals surface area contributed by atoms with Crippen LogP contribution in [0.15, 0.2) is 4.79 Å². The van der Waals surface area contributed by atoms with E-state index in [1.54, 1.807) is 0 Å². The minimum Gasteiger partial charge on any atom is -0.342 e. The van der Waals surface area contributed by atoms with E-state index in [1.165, 1.54) is 10.7 Å². The number of aromatic nitrogens is 2. The number of H-pyrrole nitrogens is 1. The quantitative estimate of drug-likeness (QED) is 0.803. The normalized spacial score (nSPS) is 24.3. The Morgan fingerprint density at radius 2 is 1.89 bits per heavy atom. The Hall–Kier alpha value is -1.74. The maximum Gasteiger partial charge on any atom is 0.255 e. The topological polar surface area (TPSA) is 103 Å². The Kier molecular flexibility index (Phi) is 5.30. The van der Waals surface area contributed by atoms with Gasteiger partial charge in [-0.15, -0.1) is 0 Å². The Morgan fingerprint density at radius 1 is 1.14 bits per heavy atom. The van der Waals surface area contributed by atoms with Gasteiger partial charge in [0.2, 0.25) is 15.9 Å². The van der Waals surface area contributed by atoms with Gasteiger partial charge in [0.15, 0.2) is 0 Å². The third-order valence-corrected chi connectivity index (χ3v) is 7.61. The third-order valence-electron chi connectivity index (χ3n) is 6.36. The van der Waals surface area contributed by atoms with Crippen molar-refractivity contribution in [3.63, 3.8) is 0 Å². The molecule has 3 heterocycles. The third kappa shape index (κ3) is 3.87. The van der Waals surface area contributed by atoms with Crippen molar-refractivity contribution in [3.8, 4) is 0 Å². The van der Waals surface area contributed by atoms with Crippen LogP contribution in [0.1, 0.15) is 61.5 Å². The summed E-state index contributed by atoms with van der Waals surface area (Å²) in [5.41, 5.74) is 0.870. The molecule has 0 radical (unpaired) electrons. The smallest absolute Gasteiger partial charge is 0.255 e. The summed E-state index contributed by atoms with van der Waals surface area (Å²) in [7, 11) is -3.33. The minimum atomic E-state index is -3.33. The molecule has 1 aromatic rings. The van der Waals surface area contributed by atoms with Crippen molar-refractivity contribution in [3.05, 3.63) is 27.4 Å². The van der Waals surface area contributed by atoms with Crippen molar-refractivity contribution < 1.29 is 13.2 Å². The molecule has 0 unspecified atom stereocenters. The fourth-order valence-electron chi connectivity index (χ4n) is 4.69. The van der Waals surface area contributed by atoms with Crippen LogP contribution in [0.5, 0.6) is 0 Å². The van der Waals surface area contributed by atoms with Gasteiger partial charge in [0, 0.05) is 44.4 Å². The van der Waals surface area contributed by atoms with Crippen LogP contribution in [0.25, 0.3) is 0 Å². The van der Waals surface area contributed by atoms with Gasteiger partial charge in [0.1, 0.15) is 5.82 Å². The van der Waals surface area contributed by atoms with Gasteiger partial charge >= 0.3 is 0 Å². The molecule has 1 atom stereocenters. The fourth-order valence-corrected chi connectivity index (χ4v) is 5.47. The van der Waals surface area contributed by atoms with Gasteiger partial charge in [-0.1, -0.05) is 19.3 Å². The first-order valence-corrected chi connectivity index (χ1v) is 12.0. The standard InChI is InChI=1S/C19H28N4O4S/c1-28(26,27)23-10-8-16-15(12-23)18(24)21-17(20-16)14-7-9-22(11-14)19(25)13-5-3-2-4-6-13/h13-14H,2-12H2,1H3,(H,20,21,24)/t14-/m1/s1. The second-order valence-corrected chi connectivity index (χ2v) is 10.3. The number of likely N-dealkylation sites (tertiary alicyclic amines) is 1. The fraction of sp³-hybridized carbons (Fsp3) is 0.737. The molecule has 1 saturated heterocycles. The number of carbonyl (C=O) groups excluding carboxylic acids is 1. The lowest BCUT2D eigenvalue weighted by Crippen LogP contribution is -2.39. The van der Waals surface area contributed by atoms with Crippen LogP contribution in [0.3, 0.4) is 0 Å². The van der Waals surface area contributed by atoms with Crippen LogP contribution in [0, 0.1) is 5.92 Å².